The molecule has 1 fully saturated rings. The van der Waals surface area contributed by atoms with Crippen LogP contribution in [0.4, 0.5) is 0 Å². The maximum atomic E-state index is 5.45. The maximum absolute atomic E-state index is 5.45. The number of piperidine rings is 1. The van der Waals surface area contributed by atoms with E-state index in [4.69, 9.17) is 9.47 Å². The maximum Gasteiger partial charge on any atom is 0.106 e. The summed E-state index contributed by atoms with van der Waals surface area (Å²) in [5.41, 5.74) is 2.87. The molecular formula is C13H21NO2. The fourth-order valence-electron chi connectivity index (χ4n) is 2.47. The second-order valence-corrected chi connectivity index (χ2v) is 4.40. The molecule has 3 nitrogen and oxygen atoms in total. The third kappa shape index (κ3) is 2.21. The molecule has 2 aliphatic rings. The summed E-state index contributed by atoms with van der Waals surface area (Å²) in [6.45, 7) is 5.55. The van der Waals surface area contributed by atoms with Crippen molar-refractivity contribution in [1.29, 1.82) is 0 Å². The Bertz CT molecular complexity index is 309. The van der Waals surface area contributed by atoms with Gasteiger partial charge in [-0.15, -0.1) is 0 Å². The number of hydrogen-bond donors (Lipinski definition) is 0. The monoisotopic (exact) mass is 223 g/mol. The molecule has 1 saturated heterocycles. The minimum atomic E-state index is 0.0700. The molecule has 1 aliphatic carbocycles. The number of fused-ring (bicyclic) bond motifs is 1. The van der Waals surface area contributed by atoms with Crippen LogP contribution in [-0.4, -0.2) is 51.0 Å². The van der Waals surface area contributed by atoms with Crippen molar-refractivity contribution in [3.63, 3.8) is 0 Å². The first-order chi connectivity index (χ1) is 7.78. The smallest absolute Gasteiger partial charge is 0.106 e. The minimum Gasteiger partial charge on any atom is -0.374 e. The van der Waals surface area contributed by atoms with Crippen LogP contribution >= 0.6 is 0 Å². The van der Waals surface area contributed by atoms with Crippen molar-refractivity contribution in [2.45, 2.75) is 25.6 Å². The summed E-state index contributed by atoms with van der Waals surface area (Å²) in [6, 6.07) is 0. The van der Waals surface area contributed by atoms with Gasteiger partial charge in [-0.1, -0.05) is 6.92 Å². The molecule has 16 heavy (non-hydrogen) atoms. The molecule has 0 aromatic carbocycles. The van der Waals surface area contributed by atoms with Crippen LogP contribution in [0.5, 0.6) is 0 Å². The first-order valence-electron chi connectivity index (χ1n) is 5.98. The number of likely N-dealkylation sites (tertiary alicyclic amines) is 1. The van der Waals surface area contributed by atoms with Crippen molar-refractivity contribution in [1.82, 2.24) is 4.90 Å². The van der Waals surface area contributed by atoms with E-state index in [9.17, 15) is 0 Å². The molecule has 0 saturated carbocycles. The zero-order valence-corrected chi connectivity index (χ0v) is 10.4. The van der Waals surface area contributed by atoms with Crippen LogP contribution in [0.3, 0.4) is 0 Å². The Morgan fingerprint density at radius 1 is 1.19 bits per heavy atom. The van der Waals surface area contributed by atoms with Gasteiger partial charge in [-0.25, -0.2) is 0 Å². The van der Waals surface area contributed by atoms with Crippen molar-refractivity contribution in [3.05, 3.63) is 23.3 Å². The van der Waals surface area contributed by atoms with E-state index in [-0.39, 0.29) is 12.2 Å². The Morgan fingerprint density at radius 3 is 2.38 bits per heavy atom. The van der Waals surface area contributed by atoms with Gasteiger partial charge in [-0.3, -0.25) is 4.90 Å². The highest BCUT2D eigenvalue weighted by atomic mass is 16.5. The lowest BCUT2D eigenvalue weighted by atomic mass is 9.89. The topological polar surface area (TPSA) is 21.7 Å². The normalized spacial score (nSPS) is 30.7. The predicted molar refractivity (Wildman–Crippen MR) is 64.5 cm³/mol. The summed E-state index contributed by atoms with van der Waals surface area (Å²) in [7, 11) is 3.49. The van der Waals surface area contributed by atoms with Crippen LogP contribution in [0.25, 0.3) is 0 Å². The number of nitrogens with zero attached hydrogens (tertiary/aromatic N) is 1. The van der Waals surface area contributed by atoms with E-state index in [1.807, 2.05) is 0 Å². The summed E-state index contributed by atoms with van der Waals surface area (Å²) in [5.74, 6) is 0. The highest BCUT2D eigenvalue weighted by Gasteiger charge is 2.27. The van der Waals surface area contributed by atoms with Crippen molar-refractivity contribution < 1.29 is 9.47 Å². The average molecular weight is 223 g/mol. The third-order valence-corrected chi connectivity index (χ3v) is 3.55. The van der Waals surface area contributed by atoms with Gasteiger partial charge in [0.25, 0.3) is 0 Å². The number of methoxy groups -OCH3 is 2. The fourth-order valence-corrected chi connectivity index (χ4v) is 2.47. The number of rotatable bonds is 3. The SMILES string of the molecule is CCN1CCC2=CC(OC)C(OC)C=C2C1. The van der Waals surface area contributed by atoms with Gasteiger partial charge in [-0.2, -0.15) is 0 Å². The van der Waals surface area contributed by atoms with Crippen LogP contribution in [0.15, 0.2) is 23.3 Å². The van der Waals surface area contributed by atoms with Crippen LogP contribution in [0, 0.1) is 0 Å². The van der Waals surface area contributed by atoms with Crippen molar-refractivity contribution in [2.75, 3.05) is 33.9 Å². The van der Waals surface area contributed by atoms with Gasteiger partial charge in [-0.05, 0) is 36.3 Å². The molecule has 2 unspecified atom stereocenters. The average Bonchev–Trinajstić information content (AvgIpc) is 2.36. The molecule has 0 aromatic heterocycles. The summed E-state index contributed by atoms with van der Waals surface area (Å²) in [6.07, 6.45) is 5.75. The fraction of sp³-hybridized carbons (Fsp3) is 0.692. The lowest BCUT2D eigenvalue weighted by Gasteiger charge is -2.34. The summed E-state index contributed by atoms with van der Waals surface area (Å²) in [5, 5.41) is 0. The third-order valence-electron chi connectivity index (χ3n) is 3.55. The van der Waals surface area contributed by atoms with Crippen LogP contribution < -0.4 is 0 Å². The molecule has 0 radical (unpaired) electrons. The Kier molecular flexibility index (Phi) is 3.79. The minimum absolute atomic E-state index is 0.0700. The summed E-state index contributed by atoms with van der Waals surface area (Å²) < 4.78 is 10.9. The summed E-state index contributed by atoms with van der Waals surface area (Å²) in [4.78, 5) is 2.46. The summed E-state index contributed by atoms with van der Waals surface area (Å²) >= 11 is 0. The Morgan fingerprint density at radius 2 is 1.81 bits per heavy atom. The molecule has 1 aliphatic heterocycles. The van der Waals surface area contributed by atoms with Crippen LogP contribution in [-0.2, 0) is 9.47 Å². The van der Waals surface area contributed by atoms with Crippen LogP contribution in [0.1, 0.15) is 13.3 Å². The Labute approximate surface area is 97.7 Å². The van der Waals surface area contributed by atoms with Gasteiger partial charge >= 0.3 is 0 Å². The van der Waals surface area contributed by atoms with Crippen molar-refractivity contribution in [3.8, 4) is 0 Å². The molecule has 0 bridgehead atoms. The van der Waals surface area contributed by atoms with E-state index in [1.165, 1.54) is 11.1 Å². The molecule has 2 atom stereocenters. The Hall–Kier alpha value is -0.640. The van der Waals surface area contributed by atoms with E-state index >= 15 is 0 Å². The van der Waals surface area contributed by atoms with E-state index in [2.05, 4.69) is 24.0 Å². The molecule has 3 heteroatoms. The first-order valence-corrected chi connectivity index (χ1v) is 5.98. The molecule has 2 rings (SSSR count). The molecular weight excluding hydrogens is 202 g/mol. The molecule has 0 N–H and O–H groups in total. The number of likely N-dealkylation sites (N-methyl/N-ethyl adjacent to an activating group) is 1. The van der Waals surface area contributed by atoms with E-state index < -0.39 is 0 Å². The van der Waals surface area contributed by atoms with Gasteiger partial charge in [0.1, 0.15) is 12.2 Å². The van der Waals surface area contributed by atoms with Gasteiger partial charge in [0, 0.05) is 27.3 Å². The van der Waals surface area contributed by atoms with Crippen molar-refractivity contribution >= 4 is 0 Å². The quantitative estimate of drug-likeness (QED) is 0.725. The molecule has 1 heterocycles. The highest BCUT2D eigenvalue weighted by molar-refractivity contribution is 5.40. The lowest BCUT2D eigenvalue weighted by molar-refractivity contribution is 0.0120. The Balaban J connectivity index is 2.15. The standard InChI is InChI=1S/C13H21NO2/c1-4-14-6-5-10-7-12(15-2)13(16-3)8-11(10)9-14/h7-8,12-13H,4-6,9H2,1-3H3. The first kappa shape index (κ1) is 11.8. The predicted octanol–water partition coefficient (Wildman–Crippen LogP) is 1.61. The molecule has 0 amide bonds. The van der Waals surface area contributed by atoms with E-state index in [0.29, 0.717) is 0 Å². The zero-order chi connectivity index (χ0) is 11.5. The number of hydrogen-bond acceptors (Lipinski definition) is 3. The van der Waals surface area contributed by atoms with Crippen molar-refractivity contribution in [2.24, 2.45) is 0 Å². The second kappa shape index (κ2) is 5.13. The highest BCUT2D eigenvalue weighted by Crippen LogP contribution is 2.29. The van der Waals surface area contributed by atoms with Crippen LogP contribution in [0.2, 0.25) is 0 Å². The molecule has 0 aromatic rings. The lowest BCUT2D eigenvalue weighted by Crippen LogP contribution is -2.37. The van der Waals surface area contributed by atoms with Gasteiger partial charge < -0.3 is 9.47 Å². The van der Waals surface area contributed by atoms with E-state index in [0.717, 1.165) is 26.1 Å². The largest absolute Gasteiger partial charge is 0.374 e. The molecule has 90 valence electrons. The van der Waals surface area contributed by atoms with Gasteiger partial charge in [0.2, 0.25) is 0 Å². The number of ether oxygens (including phenoxy) is 2. The zero-order valence-electron chi connectivity index (χ0n) is 10.4. The van der Waals surface area contributed by atoms with E-state index in [1.54, 1.807) is 14.2 Å². The molecule has 0 spiro atoms. The van der Waals surface area contributed by atoms with Gasteiger partial charge in [0.05, 0.1) is 0 Å². The van der Waals surface area contributed by atoms with Gasteiger partial charge in [0.15, 0.2) is 0 Å². The second-order valence-electron chi connectivity index (χ2n) is 4.40.